The van der Waals surface area contributed by atoms with Crippen molar-refractivity contribution in [3.05, 3.63) is 65.5 Å². The van der Waals surface area contributed by atoms with Gasteiger partial charge in [0.05, 0.1) is 6.04 Å². The van der Waals surface area contributed by atoms with Crippen LogP contribution in [-0.2, 0) is 13.0 Å². The molecule has 2 N–H and O–H groups in total. The zero-order chi connectivity index (χ0) is 14.5. The van der Waals surface area contributed by atoms with Gasteiger partial charge in [0.15, 0.2) is 0 Å². The predicted molar refractivity (Wildman–Crippen MR) is 81.7 cm³/mol. The highest BCUT2D eigenvalue weighted by molar-refractivity contribution is 5.74. The molecule has 4 heteroatoms. The first-order chi connectivity index (χ1) is 10.3. The fourth-order valence-corrected chi connectivity index (χ4v) is 2.80. The molecule has 21 heavy (non-hydrogen) atoms. The molecular formula is C17H19N3O. The fraction of sp³-hybridized carbons (Fsp3) is 0.294. The Bertz CT molecular complexity index is 612. The van der Waals surface area contributed by atoms with Crippen LogP contribution in [0.5, 0.6) is 0 Å². The van der Waals surface area contributed by atoms with Crippen molar-refractivity contribution in [1.29, 1.82) is 0 Å². The van der Waals surface area contributed by atoms with Crippen molar-refractivity contribution in [3.63, 3.8) is 0 Å². The summed E-state index contributed by atoms with van der Waals surface area (Å²) in [5.41, 5.74) is 3.65. The number of nitrogens with zero attached hydrogens (tertiary/aromatic N) is 1. The van der Waals surface area contributed by atoms with E-state index in [1.54, 1.807) is 12.4 Å². The third kappa shape index (κ3) is 3.40. The Morgan fingerprint density at radius 1 is 1.19 bits per heavy atom. The van der Waals surface area contributed by atoms with Gasteiger partial charge >= 0.3 is 6.03 Å². The highest BCUT2D eigenvalue weighted by atomic mass is 16.2. The van der Waals surface area contributed by atoms with Crippen LogP contribution in [0.25, 0.3) is 0 Å². The van der Waals surface area contributed by atoms with E-state index in [1.807, 2.05) is 18.2 Å². The summed E-state index contributed by atoms with van der Waals surface area (Å²) in [5.74, 6) is 0. The molecule has 0 saturated carbocycles. The van der Waals surface area contributed by atoms with Crippen LogP contribution < -0.4 is 10.6 Å². The number of nitrogens with one attached hydrogen (secondary N) is 2. The molecule has 3 rings (SSSR count). The molecule has 0 fully saturated rings. The molecule has 1 aromatic carbocycles. The minimum Gasteiger partial charge on any atom is -0.334 e. The molecule has 0 spiro atoms. The molecule has 0 saturated heterocycles. The maximum Gasteiger partial charge on any atom is 0.315 e. The van der Waals surface area contributed by atoms with Gasteiger partial charge in [-0.2, -0.15) is 0 Å². The van der Waals surface area contributed by atoms with Gasteiger partial charge in [0.25, 0.3) is 0 Å². The van der Waals surface area contributed by atoms with Crippen LogP contribution >= 0.6 is 0 Å². The van der Waals surface area contributed by atoms with Gasteiger partial charge in [-0.3, -0.25) is 4.98 Å². The summed E-state index contributed by atoms with van der Waals surface area (Å²) >= 11 is 0. The number of carbonyl (C=O) groups excluding carboxylic acids is 1. The lowest BCUT2D eigenvalue weighted by molar-refractivity contribution is 0.235. The van der Waals surface area contributed by atoms with Crippen LogP contribution in [0, 0.1) is 0 Å². The smallest absolute Gasteiger partial charge is 0.315 e. The van der Waals surface area contributed by atoms with Crippen molar-refractivity contribution < 1.29 is 4.79 Å². The molecule has 1 heterocycles. The van der Waals surface area contributed by atoms with Gasteiger partial charge in [-0.05, 0) is 48.1 Å². The van der Waals surface area contributed by atoms with Gasteiger partial charge in [-0.1, -0.05) is 24.3 Å². The molecule has 0 radical (unpaired) electrons. The molecule has 4 nitrogen and oxygen atoms in total. The van der Waals surface area contributed by atoms with Gasteiger partial charge in [0.2, 0.25) is 0 Å². The lowest BCUT2D eigenvalue weighted by atomic mass is 9.88. The maximum absolute atomic E-state index is 12.1. The zero-order valence-electron chi connectivity index (χ0n) is 11.9. The van der Waals surface area contributed by atoms with Crippen molar-refractivity contribution in [3.8, 4) is 0 Å². The predicted octanol–water partition coefficient (Wildman–Crippen LogP) is 2.96. The Morgan fingerprint density at radius 3 is 2.86 bits per heavy atom. The summed E-state index contributed by atoms with van der Waals surface area (Å²) in [5, 5.41) is 5.98. The number of hydrogen-bond acceptors (Lipinski definition) is 2. The van der Waals surface area contributed by atoms with E-state index in [2.05, 4.69) is 33.8 Å². The molecule has 1 aromatic heterocycles. The van der Waals surface area contributed by atoms with Crippen molar-refractivity contribution in [2.75, 3.05) is 0 Å². The quantitative estimate of drug-likeness (QED) is 0.908. The number of pyridine rings is 1. The Kier molecular flexibility index (Phi) is 4.15. The number of fused-ring (bicyclic) bond motifs is 1. The number of amides is 2. The number of hydrogen-bond donors (Lipinski definition) is 2. The van der Waals surface area contributed by atoms with E-state index in [4.69, 9.17) is 0 Å². The Balaban J connectivity index is 1.58. The van der Waals surface area contributed by atoms with E-state index in [0.717, 1.165) is 24.8 Å². The lowest BCUT2D eigenvalue weighted by Gasteiger charge is -2.26. The average Bonchev–Trinajstić information content (AvgIpc) is 2.54. The van der Waals surface area contributed by atoms with Crippen LogP contribution in [0.4, 0.5) is 4.79 Å². The number of benzene rings is 1. The summed E-state index contributed by atoms with van der Waals surface area (Å²) in [7, 11) is 0. The summed E-state index contributed by atoms with van der Waals surface area (Å²) in [6.07, 6.45) is 6.68. The van der Waals surface area contributed by atoms with E-state index >= 15 is 0 Å². The molecule has 1 unspecified atom stereocenters. The van der Waals surface area contributed by atoms with E-state index in [0.29, 0.717) is 6.54 Å². The third-order valence-electron chi connectivity index (χ3n) is 3.88. The first kappa shape index (κ1) is 13.6. The summed E-state index contributed by atoms with van der Waals surface area (Å²) < 4.78 is 0. The zero-order valence-corrected chi connectivity index (χ0v) is 11.9. The van der Waals surface area contributed by atoms with Crippen molar-refractivity contribution in [2.45, 2.75) is 31.8 Å². The fourth-order valence-electron chi connectivity index (χ4n) is 2.80. The number of rotatable bonds is 3. The summed E-state index contributed by atoms with van der Waals surface area (Å²) in [6.45, 7) is 0.517. The minimum absolute atomic E-state index is 0.117. The van der Waals surface area contributed by atoms with Crippen molar-refractivity contribution >= 4 is 6.03 Å². The number of aromatic nitrogens is 1. The third-order valence-corrected chi connectivity index (χ3v) is 3.88. The van der Waals surface area contributed by atoms with Crippen LogP contribution in [-0.4, -0.2) is 11.0 Å². The van der Waals surface area contributed by atoms with Gasteiger partial charge in [-0.15, -0.1) is 0 Å². The second kappa shape index (κ2) is 6.39. The van der Waals surface area contributed by atoms with Gasteiger partial charge in [0, 0.05) is 18.9 Å². The second-order valence-electron chi connectivity index (χ2n) is 5.33. The molecule has 2 amide bonds. The molecule has 0 bridgehead atoms. The minimum atomic E-state index is -0.117. The van der Waals surface area contributed by atoms with E-state index in [9.17, 15) is 4.79 Å². The van der Waals surface area contributed by atoms with Crippen molar-refractivity contribution in [1.82, 2.24) is 15.6 Å². The van der Waals surface area contributed by atoms with Crippen LogP contribution in [0.1, 0.15) is 35.6 Å². The average molecular weight is 281 g/mol. The molecule has 1 atom stereocenters. The monoisotopic (exact) mass is 281 g/mol. The first-order valence-corrected chi connectivity index (χ1v) is 7.34. The molecule has 1 aliphatic carbocycles. The highest BCUT2D eigenvalue weighted by Crippen LogP contribution is 2.29. The molecule has 108 valence electrons. The Labute approximate surface area is 124 Å². The number of aryl methyl sites for hydroxylation is 1. The molecular weight excluding hydrogens is 262 g/mol. The molecule has 2 aromatic rings. The van der Waals surface area contributed by atoms with Crippen molar-refractivity contribution in [2.24, 2.45) is 0 Å². The number of urea groups is 1. The first-order valence-electron chi connectivity index (χ1n) is 7.34. The van der Waals surface area contributed by atoms with Crippen LogP contribution in [0.2, 0.25) is 0 Å². The Morgan fingerprint density at radius 2 is 2.00 bits per heavy atom. The van der Waals surface area contributed by atoms with Crippen LogP contribution in [0.3, 0.4) is 0 Å². The highest BCUT2D eigenvalue weighted by Gasteiger charge is 2.20. The van der Waals surface area contributed by atoms with Gasteiger partial charge in [-0.25, -0.2) is 4.79 Å². The molecule has 1 aliphatic rings. The second-order valence-corrected chi connectivity index (χ2v) is 5.33. The standard InChI is InChI=1S/C17H19N3O/c21-17(19-12-13-8-10-18-11-9-13)20-16-7-3-5-14-4-1-2-6-15(14)16/h1-2,4,6,8-11,16H,3,5,7,12H2,(H2,19,20,21). The SMILES string of the molecule is O=C(NCc1ccncc1)NC1CCCc2ccccc21. The lowest BCUT2D eigenvalue weighted by Crippen LogP contribution is -2.38. The van der Waals surface area contributed by atoms with E-state index in [-0.39, 0.29) is 12.1 Å². The summed E-state index contributed by atoms with van der Waals surface area (Å²) in [4.78, 5) is 16.0. The normalized spacial score (nSPS) is 16.9. The van der Waals surface area contributed by atoms with Gasteiger partial charge < -0.3 is 10.6 Å². The Hall–Kier alpha value is -2.36. The summed E-state index contributed by atoms with van der Waals surface area (Å²) in [6, 6.07) is 12.2. The van der Waals surface area contributed by atoms with Gasteiger partial charge in [0.1, 0.15) is 0 Å². The van der Waals surface area contributed by atoms with Crippen LogP contribution in [0.15, 0.2) is 48.8 Å². The largest absolute Gasteiger partial charge is 0.334 e. The molecule has 0 aliphatic heterocycles. The van der Waals surface area contributed by atoms with E-state index in [1.165, 1.54) is 11.1 Å². The maximum atomic E-state index is 12.1. The number of carbonyl (C=O) groups is 1. The topological polar surface area (TPSA) is 54.0 Å². The van der Waals surface area contributed by atoms with E-state index < -0.39 is 0 Å².